The predicted octanol–water partition coefficient (Wildman–Crippen LogP) is 4.67. The van der Waals surface area contributed by atoms with E-state index in [4.69, 9.17) is 0 Å². The molecule has 1 saturated heterocycles. The van der Waals surface area contributed by atoms with Crippen molar-refractivity contribution in [1.82, 2.24) is 15.3 Å². The summed E-state index contributed by atoms with van der Waals surface area (Å²) in [6, 6.07) is 2.28. The van der Waals surface area contributed by atoms with Gasteiger partial charge < -0.3 is 20.5 Å². The zero-order valence-electron chi connectivity index (χ0n) is 17.2. The molecule has 1 fully saturated rings. The Morgan fingerprint density at radius 1 is 1.12 bits per heavy atom. The Bertz CT molecular complexity index is 1010. The molecule has 0 saturated carbocycles. The van der Waals surface area contributed by atoms with Crippen molar-refractivity contribution in [1.29, 1.82) is 0 Å². The van der Waals surface area contributed by atoms with Crippen molar-refractivity contribution in [2.45, 2.75) is 31.2 Å². The van der Waals surface area contributed by atoms with E-state index in [1.54, 1.807) is 0 Å². The van der Waals surface area contributed by atoms with Crippen molar-refractivity contribution >= 4 is 29.9 Å². The lowest BCUT2D eigenvalue weighted by atomic mass is 10.1. The smallest absolute Gasteiger partial charge is 0.350 e. The summed E-state index contributed by atoms with van der Waals surface area (Å²) in [5.41, 5.74) is -2.70. The maximum Gasteiger partial charge on any atom is 0.421 e. The van der Waals surface area contributed by atoms with Gasteiger partial charge in [-0.1, -0.05) is 0 Å². The van der Waals surface area contributed by atoms with E-state index >= 15 is 0 Å². The number of benzene rings is 1. The van der Waals surface area contributed by atoms with E-state index in [-0.39, 0.29) is 23.0 Å². The second-order valence-electron chi connectivity index (χ2n) is 7.85. The van der Waals surface area contributed by atoms with E-state index in [1.807, 2.05) is 0 Å². The molecule has 3 rings (SSSR count). The molecule has 176 valence electrons. The molecule has 0 bridgehead atoms. The normalized spacial score (nSPS) is 17.8. The van der Waals surface area contributed by atoms with Crippen LogP contribution in [0.1, 0.15) is 24.0 Å². The molecule has 1 aliphatic heterocycles. The largest absolute Gasteiger partial charge is 0.421 e. The summed E-state index contributed by atoms with van der Waals surface area (Å²) in [5, 5.41) is 8.40. The number of aromatic nitrogens is 2. The standard InChI is InChI=1S/C19H22F6N5OP/c1-32(2,31)15-6-5-11(18(20,21)22)8-14(15)29-16-13(19(23,24)25)10-27-17(30-16)28-12-4-3-7-26-9-12/h5-6,8,10,12,26H,3-4,7,9H2,1-2H3,(H2,27,28,29,30). The maximum atomic E-state index is 13.6. The van der Waals surface area contributed by atoms with Crippen LogP contribution in [-0.2, 0) is 16.9 Å². The van der Waals surface area contributed by atoms with E-state index in [9.17, 15) is 30.9 Å². The topological polar surface area (TPSA) is 78.9 Å². The van der Waals surface area contributed by atoms with Crippen LogP contribution in [0.3, 0.4) is 0 Å². The van der Waals surface area contributed by atoms with Crippen molar-refractivity contribution in [3.63, 3.8) is 0 Å². The molecule has 2 aromatic rings. The lowest BCUT2D eigenvalue weighted by molar-refractivity contribution is -0.138. The molecular weight excluding hydrogens is 459 g/mol. The molecule has 3 N–H and O–H groups in total. The minimum Gasteiger partial charge on any atom is -0.350 e. The van der Waals surface area contributed by atoms with Crippen LogP contribution in [0.4, 0.5) is 43.8 Å². The fraction of sp³-hybridized carbons (Fsp3) is 0.474. The predicted molar refractivity (Wildman–Crippen MR) is 110 cm³/mol. The van der Waals surface area contributed by atoms with Crippen molar-refractivity contribution in [2.75, 3.05) is 37.1 Å². The highest BCUT2D eigenvalue weighted by atomic mass is 31.2. The molecule has 1 aromatic heterocycles. The van der Waals surface area contributed by atoms with Crippen molar-refractivity contribution in [2.24, 2.45) is 0 Å². The maximum absolute atomic E-state index is 13.6. The van der Waals surface area contributed by atoms with Crippen LogP contribution < -0.4 is 21.3 Å². The lowest BCUT2D eigenvalue weighted by Crippen LogP contribution is -2.38. The Morgan fingerprint density at radius 2 is 1.84 bits per heavy atom. The van der Waals surface area contributed by atoms with E-state index in [2.05, 4.69) is 25.9 Å². The van der Waals surface area contributed by atoms with Crippen LogP contribution >= 0.6 is 7.14 Å². The van der Waals surface area contributed by atoms with Gasteiger partial charge in [0.25, 0.3) is 0 Å². The summed E-state index contributed by atoms with van der Waals surface area (Å²) >= 11 is 0. The summed E-state index contributed by atoms with van der Waals surface area (Å²) < 4.78 is 92.9. The van der Waals surface area contributed by atoms with Gasteiger partial charge in [-0.25, -0.2) is 4.98 Å². The zero-order valence-corrected chi connectivity index (χ0v) is 18.1. The number of hydrogen-bond donors (Lipinski definition) is 3. The highest BCUT2D eigenvalue weighted by Crippen LogP contribution is 2.42. The first-order valence-corrected chi connectivity index (χ1v) is 12.3. The number of nitrogens with zero attached hydrogens (tertiary/aromatic N) is 2. The summed E-state index contributed by atoms with van der Waals surface area (Å²) in [4.78, 5) is 7.62. The van der Waals surface area contributed by atoms with Gasteiger partial charge in [0, 0.05) is 24.1 Å². The van der Waals surface area contributed by atoms with Crippen LogP contribution in [0.5, 0.6) is 0 Å². The molecule has 6 nitrogen and oxygen atoms in total. The first-order chi connectivity index (χ1) is 14.7. The third-order valence-electron chi connectivity index (χ3n) is 4.88. The Kier molecular flexibility index (Phi) is 6.76. The van der Waals surface area contributed by atoms with Crippen molar-refractivity contribution in [3.05, 3.63) is 35.5 Å². The second-order valence-corrected chi connectivity index (χ2v) is 11.0. The molecule has 1 unspecified atom stereocenters. The second kappa shape index (κ2) is 8.90. The van der Waals surface area contributed by atoms with Gasteiger partial charge in [-0.05, 0) is 50.9 Å². The van der Waals surface area contributed by atoms with Crippen molar-refractivity contribution in [3.8, 4) is 0 Å². The third kappa shape index (κ3) is 5.92. The third-order valence-corrected chi connectivity index (χ3v) is 6.43. The summed E-state index contributed by atoms with van der Waals surface area (Å²) in [6.45, 7) is 4.02. The van der Waals surface area contributed by atoms with Gasteiger partial charge in [-0.3, -0.25) is 0 Å². The SMILES string of the molecule is CP(C)(=O)c1ccc(C(F)(F)F)cc1Nc1nc(NC2CCCNC2)ncc1C(F)(F)F. The van der Waals surface area contributed by atoms with Gasteiger partial charge in [0.05, 0.1) is 11.3 Å². The minimum atomic E-state index is -4.86. The highest BCUT2D eigenvalue weighted by molar-refractivity contribution is 7.70. The Balaban J connectivity index is 2.05. The Labute approximate surface area is 180 Å². The van der Waals surface area contributed by atoms with E-state index in [1.165, 1.54) is 13.3 Å². The lowest BCUT2D eigenvalue weighted by Gasteiger charge is -2.24. The highest BCUT2D eigenvalue weighted by Gasteiger charge is 2.37. The van der Waals surface area contributed by atoms with Gasteiger partial charge in [0.1, 0.15) is 18.5 Å². The fourth-order valence-electron chi connectivity index (χ4n) is 3.32. The summed E-state index contributed by atoms with van der Waals surface area (Å²) in [6.07, 6.45) is -7.42. The average Bonchev–Trinajstić information content (AvgIpc) is 2.66. The van der Waals surface area contributed by atoms with E-state index in [0.29, 0.717) is 18.8 Å². The minimum absolute atomic E-state index is 0.0248. The number of rotatable bonds is 5. The van der Waals surface area contributed by atoms with Gasteiger partial charge in [-0.15, -0.1) is 0 Å². The van der Waals surface area contributed by atoms with Crippen LogP contribution in [0, 0.1) is 0 Å². The molecule has 1 atom stereocenters. The molecular formula is C19H22F6N5OP. The molecule has 13 heteroatoms. The van der Waals surface area contributed by atoms with Gasteiger partial charge in [0.15, 0.2) is 0 Å². The quantitative estimate of drug-likeness (QED) is 0.426. The summed E-state index contributed by atoms with van der Waals surface area (Å²) in [7, 11) is -3.14. The van der Waals surface area contributed by atoms with Gasteiger partial charge in [0.2, 0.25) is 5.95 Å². The number of hydrogen-bond acceptors (Lipinski definition) is 6. The molecule has 0 radical (unpaired) electrons. The van der Waals surface area contributed by atoms with E-state index in [0.717, 1.165) is 31.5 Å². The van der Waals surface area contributed by atoms with Crippen LogP contribution in [-0.4, -0.2) is 42.4 Å². The van der Waals surface area contributed by atoms with Gasteiger partial charge >= 0.3 is 12.4 Å². The van der Waals surface area contributed by atoms with Crippen molar-refractivity contribution < 1.29 is 30.9 Å². The molecule has 0 spiro atoms. The number of alkyl halides is 6. The number of anilines is 3. The Hall–Kier alpha value is -2.33. The van der Waals surface area contributed by atoms with Gasteiger partial charge in [-0.2, -0.15) is 31.3 Å². The molecule has 2 heterocycles. The molecule has 1 aromatic carbocycles. The van der Waals surface area contributed by atoms with Crippen LogP contribution in [0.15, 0.2) is 24.4 Å². The average molecular weight is 481 g/mol. The molecule has 0 aliphatic carbocycles. The monoisotopic (exact) mass is 481 g/mol. The van der Waals surface area contributed by atoms with Crippen LogP contribution in [0.25, 0.3) is 0 Å². The fourth-order valence-corrected chi connectivity index (χ4v) is 4.46. The van der Waals surface area contributed by atoms with E-state index < -0.39 is 36.4 Å². The number of halogens is 6. The summed E-state index contributed by atoms with van der Waals surface area (Å²) in [5.74, 6) is -0.827. The molecule has 32 heavy (non-hydrogen) atoms. The Morgan fingerprint density at radius 3 is 2.41 bits per heavy atom. The number of piperidine rings is 1. The molecule has 0 amide bonds. The van der Waals surface area contributed by atoms with Crippen LogP contribution in [0.2, 0.25) is 0 Å². The number of nitrogens with one attached hydrogen (secondary N) is 3. The first kappa shape index (κ1) is 24.3. The molecule has 1 aliphatic rings. The zero-order chi connectivity index (χ0) is 23.7. The first-order valence-electron chi connectivity index (χ1n) is 9.70.